The number of nitrogens with zero attached hydrogens (tertiary/aromatic N) is 1. The Morgan fingerprint density at radius 2 is 1.76 bits per heavy atom. The van der Waals surface area contributed by atoms with Gasteiger partial charge in [-0.1, -0.05) is 27.7 Å². The summed E-state index contributed by atoms with van der Waals surface area (Å²) in [7, 11) is 9.79. The average Bonchev–Trinajstić information content (AvgIpc) is 2.74. The van der Waals surface area contributed by atoms with E-state index in [4.69, 9.17) is 19.9 Å². The molecule has 0 radical (unpaired) electrons. The van der Waals surface area contributed by atoms with Crippen LogP contribution in [0, 0.1) is 17.8 Å². The van der Waals surface area contributed by atoms with Crippen molar-refractivity contribution in [3.63, 3.8) is 0 Å². The molecule has 33 heavy (non-hydrogen) atoms. The number of esters is 1. The van der Waals surface area contributed by atoms with Crippen molar-refractivity contribution >= 4 is 40.4 Å². The molecule has 2 aliphatic heterocycles. The number of piperidine rings is 1. The van der Waals surface area contributed by atoms with Gasteiger partial charge in [0.05, 0.1) is 19.7 Å². The molecule has 3 rings (SSSR count). The van der Waals surface area contributed by atoms with Crippen LogP contribution in [0.15, 0.2) is 0 Å². The van der Waals surface area contributed by atoms with E-state index < -0.39 is 11.5 Å². The topological polar surface area (TPSA) is 74.0 Å². The largest absolute Gasteiger partial charge is 0.493 e. The smallest absolute Gasteiger partial charge is 0.322 e. The predicted octanol–water partition coefficient (Wildman–Crippen LogP) is -0.958. The number of fused-ring (bicyclic) bond motifs is 3. The standard InChI is InChI=1S/C24H41B3N2O4/c1-12(2)9-14-11-29-8-7-15-17(19(26)22(32-6)21(31-5)18(15)25)16(29)10-24(14,27)33-23(30)20(28)13(3)4/h12-14,16,20H,7-11,25-28H2,1-6H3/t14?,16?,20-,24?/m0/s1. The van der Waals surface area contributed by atoms with Crippen LogP contribution < -0.4 is 26.1 Å². The van der Waals surface area contributed by atoms with E-state index in [2.05, 4.69) is 42.3 Å². The summed E-state index contributed by atoms with van der Waals surface area (Å²) in [5.41, 5.74) is 10.6. The van der Waals surface area contributed by atoms with E-state index in [0.29, 0.717) is 5.92 Å². The second kappa shape index (κ2) is 9.95. The van der Waals surface area contributed by atoms with Gasteiger partial charge in [-0.05, 0) is 53.2 Å². The van der Waals surface area contributed by atoms with Gasteiger partial charge >= 0.3 is 5.97 Å². The predicted molar refractivity (Wildman–Crippen MR) is 142 cm³/mol. The molecule has 0 aromatic heterocycles. The second-order valence-electron chi connectivity index (χ2n) is 11.0. The summed E-state index contributed by atoms with van der Waals surface area (Å²) in [4.78, 5) is 15.6. The van der Waals surface area contributed by atoms with Crippen LogP contribution in [-0.2, 0) is 16.0 Å². The molecule has 0 aliphatic carbocycles. The molecule has 3 unspecified atom stereocenters. The molecule has 1 aromatic rings. The van der Waals surface area contributed by atoms with Crippen molar-refractivity contribution in [2.45, 2.75) is 64.5 Å². The maximum atomic E-state index is 13.0. The molecular formula is C24H41B3N2O4. The Balaban J connectivity index is 2.06. The van der Waals surface area contributed by atoms with E-state index in [-0.39, 0.29) is 23.8 Å². The monoisotopic (exact) mass is 454 g/mol. The van der Waals surface area contributed by atoms with Gasteiger partial charge in [-0.25, -0.2) is 0 Å². The minimum Gasteiger partial charge on any atom is -0.493 e. The van der Waals surface area contributed by atoms with Crippen LogP contribution in [0.2, 0.25) is 0 Å². The normalized spacial score (nSPS) is 26.0. The Bertz CT molecular complexity index is 895. The van der Waals surface area contributed by atoms with Crippen LogP contribution in [-0.4, -0.2) is 73.3 Å². The number of rotatable bonds is 7. The number of ether oxygens (including phenoxy) is 3. The number of hydrogen-bond acceptors (Lipinski definition) is 6. The third kappa shape index (κ3) is 4.81. The summed E-state index contributed by atoms with van der Waals surface area (Å²) in [5.74, 6) is 2.18. The maximum Gasteiger partial charge on any atom is 0.322 e. The molecule has 4 atom stereocenters. The molecule has 1 aromatic carbocycles. The zero-order valence-corrected chi connectivity index (χ0v) is 22.1. The number of carbonyl (C=O) groups excluding carboxylic acids is 1. The molecule has 2 heterocycles. The van der Waals surface area contributed by atoms with Crippen LogP contribution in [0.25, 0.3) is 0 Å². The first-order valence-corrected chi connectivity index (χ1v) is 12.4. The molecule has 180 valence electrons. The lowest BCUT2D eigenvalue weighted by molar-refractivity contribution is -0.166. The summed E-state index contributed by atoms with van der Waals surface area (Å²) < 4.78 is 17.8. The molecule has 0 bridgehead atoms. The highest BCUT2D eigenvalue weighted by atomic mass is 16.6. The molecule has 6 nitrogen and oxygen atoms in total. The van der Waals surface area contributed by atoms with Gasteiger partial charge in [-0.15, -0.1) is 0 Å². The van der Waals surface area contributed by atoms with Gasteiger partial charge in [0.2, 0.25) is 0 Å². The van der Waals surface area contributed by atoms with E-state index >= 15 is 0 Å². The molecule has 0 amide bonds. The Morgan fingerprint density at radius 3 is 2.30 bits per heavy atom. The minimum atomic E-state index is -0.605. The lowest BCUT2D eigenvalue weighted by Gasteiger charge is -2.53. The first-order chi connectivity index (χ1) is 15.4. The molecule has 0 saturated carbocycles. The maximum absolute atomic E-state index is 13.0. The summed E-state index contributed by atoms with van der Waals surface area (Å²) >= 11 is 0. The fourth-order valence-corrected chi connectivity index (χ4v) is 5.95. The fraction of sp³-hybridized carbons (Fsp3) is 0.708. The number of benzene rings is 1. The zero-order chi connectivity index (χ0) is 24.7. The Kier molecular flexibility index (Phi) is 7.84. The Hall–Kier alpha value is -1.60. The van der Waals surface area contributed by atoms with Crippen LogP contribution in [0.4, 0.5) is 0 Å². The number of hydrogen-bond donors (Lipinski definition) is 1. The van der Waals surface area contributed by atoms with Crippen molar-refractivity contribution in [3.05, 3.63) is 11.1 Å². The minimum absolute atomic E-state index is 0.0433. The van der Waals surface area contributed by atoms with Gasteiger partial charge in [0, 0.05) is 25.0 Å². The molecule has 0 spiro atoms. The highest BCUT2D eigenvalue weighted by Crippen LogP contribution is 2.46. The third-order valence-corrected chi connectivity index (χ3v) is 7.90. The van der Waals surface area contributed by atoms with Crippen molar-refractivity contribution in [3.8, 4) is 11.5 Å². The van der Waals surface area contributed by atoms with E-state index in [1.54, 1.807) is 14.2 Å². The highest BCUT2D eigenvalue weighted by Gasteiger charge is 2.49. The number of nitrogens with two attached hydrogens (primary N) is 1. The lowest BCUT2D eigenvalue weighted by atomic mass is 9.60. The highest BCUT2D eigenvalue weighted by molar-refractivity contribution is 6.41. The fourth-order valence-electron chi connectivity index (χ4n) is 5.95. The van der Waals surface area contributed by atoms with Crippen LogP contribution in [0.3, 0.4) is 0 Å². The van der Waals surface area contributed by atoms with Gasteiger partial charge in [0.1, 0.15) is 21.7 Å². The van der Waals surface area contributed by atoms with E-state index in [1.807, 2.05) is 13.8 Å². The molecular weight excluding hydrogens is 413 g/mol. The third-order valence-electron chi connectivity index (χ3n) is 7.90. The summed E-state index contributed by atoms with van der Waals surface area (Å²) in [6, 6.07) is -0.435. The molecule has 1 saturated heterocycles. The molecule has 1 fully saturated rings. The summed E-state index contributed by atoms with van der Waals surface area (Å²) in [6.45, 7) is 10.3. The molecule has 9 heteroatoms. The number of methoxy groups -OCH3 is 2. The van der Waals surface area contributed by atoms with Crippen molar-refractivity contribution in [2.24, 2.45) is 23.5 Å². The first-order valence-electron chi connectivity index (χ1n) is 12.4. The first kappa shape index (κ1) is 26.0. The van der Waals surface area contributed by atoms with Crippen molar-refractivity contribution in [1.82, 2.24) is 4.90 Å². The van der Waals surface area contributed by atoms with Gasteiger partial charge in [0.15, 0.2) is 19.3 Å². The number of carbonyl (C=O) groups is 1. The quantitative estimate of drug-likeness (QED) is 0.423. The second-order valence-corrected chi connectivity index (χ2v) is 11.0. The van der Waals surface area contributed by atoms with Gasteiger partial charge < -0.3 is 19.9 Å². The van der Waals surface area contributed by atoms with Gasteiger partial charge in [-0.2, -0.15) is 0 Å². The SMILES string of the molecule is Bc1c2c(c(B)c(OC)c1OC)C1CC(B)(OC(=O)[C@@H](N)C(C)C)C(CC(C)C)CN1CC2. The van der Waals surface area contributed by atoms with Crippen LogP contribution in [0.5, 0.6) is 11.5 Å². The van der Waals surface area contributed by atoms with Crippen molar-refractivity contribution < 1.29 is 19.0 Å². The van der Waals surface area contributed by atoms with Crippen molar-refractivity contribution in [1.29, 1.82) is 0 Å². The Morgan fingerprint density at radius 1 is 1.15 bits per heavy atom. The van der Waals surface area contributed by atoms with E-state index in [0.717, 1.165) is 54.8 Å². The average molecular weight is 454 g/mol. The lowest BCUT2D eigenvalue weighted by Crippen LogP contribution is -2.59. The Labute approximate surface area is 202 Å². The summed E-state index contributed by atoms with van der Waals surface area (Å²) in [5, 5.41) is 0. The molecule has 2 N–H and O–H groups in total. The summed E-state index contributed by atoms with van der Waals surface area (Å²) in [6.07, 6.45) is 2.76. The van der Waals surface area contributed by atoms with E-state index in [1.165, 1.54) is 11.1 Å². The van der Waals surface area contributed by atoms with Crippen molar-refractivity contribution in [2.75, 3.05) is 27.3 Å². The van der Waals surface area contributed by atoms with Gasteiger partial charge in [0.25, 0.3) is 0 Å². The van der Waals surface area contributed by atoms with Gasteiger partial charge in [-0.3, -0.25) is 9.69 Å². The van der Waals surface area contributed by atoms with E-state index in [9.17, 15) is 4.79 Å². The molecule has 2 aliphatic rings. The van der Waals surface area contributed by atoms with Crippen LogP contribution in [0.1, 0.15) is 57.7 Å². The van der Waals surface area contributed by atoms with Crippen LogP contribution >= 0.6 is 0 Å². The zero-order valence-electron chi connectivity index (χ0n) is 22.1.